The van der Waals surface area contributed by atoms with E-state index >= 15 is 0 Å². The van der Waals surface area contributed by atoms with Crippen LogP contribution in [0.3, 0.4) is 0 Å². The van der Waals surface area contributed by atoms with E-state index in [4.69, 9.17) is 5.11 Å². The molecule has 106 valence electrons. The van der Waals surface area contributed by atoms with Crippen molar-refractivity contribution in [3.63, 3.8) is 0 Å². The van der Waals surface area contributed by atoms with Crippen LogP contribution in [0.2, 0.25) is 0 Å². The van der Waals surface area contributed by atoms with Gasteiger partial charge in [-0.25, -0.2) is 4.79 Å². The maximum absolute atomic E-state index is 10.7. The van der Waals surface area contributed by atoms with E-state index in [1.54, 1.807) is 0 Å². The standard InChI is InChI=1S/C14H10N2O5/c17-13-10(2-1-3-12(13)16(20)21)8-15-11-6-4-9(5-7-11)14(18)19/h1-8,17H,(H,18,19). The predicted molar refractivity (Wildman–Crippen MR) is 75.4 cm³/mol. The lowest BCUT2D eigenvalue weighted by Crippen LogP contribution is -1.94. The molecule has 2 aromatic rings. The van der Waals surface area contributed by atoms with Gasteiger partial charge >= 0.3 is 11.7 Å². The minimum Gasteiger partial charge on any atom is -0.502 e. The van der Waals surface area contributed by atoms with Crippen LogP contribution >= 0.6 is 0 Å². The van der Waals surface area contributed by atoms with Crippen molar-refractivity contribution in [3.05, 3.63) is 63.7 Å². The number of hydrogen-bond acceptors (Lipinski definition) is 5. The highest BCUT2D eigenvalue weighted by atomic mass is 16.6. The molecule has 7 nitrogen and oxygen atoms in total. The Morgan fingerprint density at radius 1 is 1.19 bits per heavy atom. The lowest BCUT2D eigenvalue weighted by Gasteiger charge is -2.00. The summed E-state index contributed by atoms with van der Waals surface area (Å²) < 4.78 is 0. The number of nitrogens with zero attached hydrogens (tertiary/aromatic N) is 2. The van der Waals surface area contributed by atoms with Gasteiger partial charge in [-0.3, -0.25) is 15.1 Å². The summed E-state index contributed by atoms with van der Waals surface area (Å²) in [4.78, 5) is 24.7. The highest BCUT2D eigenvalue weighted by molar-refractivity contribution is 5.89. The van der Waals surface area contributed by atoms with Crippen LogP contribution in [0.5, 0.6) is 5.75 Å². The smallest absolute Gasteiger partial charge is 0.335 e. The second kappa shape index (κ2) is 5.83. The summed E-state index contributed by atoms with van der Waals surface area (Å²) in [7, 11) is 0. The van der Waals surface area contributed by atoms with Gasteiger partial charge in [-0.2, -0.15) is 0 Å². The number of phenolic OH excluding ortho intramolecular Hbond substituents is 1. The third kappa shape index (κ3) is 3.21. The number of carboxylic acid groups (broad SMARTS) is 1. The van der Waals surface area contributed by atoms with Crippen LogP contribution < -0.4 is 0 Å². The summed E-state index contributed by atoms with van der Waals surface area (Å²) in [5.41, 5.74) is 0.393. The molecule has 0 atom stereocenters. The second-order valence-electron chi connectivity index (χ2n) is 4.08. The molecule has 0 saturated heterocycles. The van der Waals surface area contributed by atoms with E-state index in [0.717, 1.165) is 0 Å². The number of para-hydroxylation sites is 1. The quantitative estimate of drug-likeness (QED) is 0.509. The number of nitro benzene ring substituents is 1. The molecule has 0 aliphatic rings. The highest BCUT2D eigenvalue weighted by Crippen LogP contribution is 2.28. The van der Waals surface area contributed by atoms with Gasteiger partial charge in [0.1, 0.15) is 0 Å². The van der Waals surface area contributed by atoms with Gasteiger partial charge in [-0.15, -0.1) is 0 Å². The Morgan fingerprint density at radius 3 is 2.43 bits per heavy atom. The van der Waals surface area contributed by atoms with Crippen LogP contribution in [0, 0.1) is 10.1 Å². The Kier molecular flexibility index (Phi) is 3.94. The van der Waals surface area contributed by atoms with Gasteiger partial charge < -0.3 is 10.2 Å². The third-order valence-electron chi connectivity index (χ3n) is 2.71. The molecule has 2 rings (SSSR count). The summed E-state index contributed by atoms with van der Waals surface area (Å²) in [6.07, 6.45) is 1.28. The van der Waals surface area contributed by atoms with Crippen molar-refractivity contribution in [2.24, 2.45) is 4.99 Å². The maximum atomic E-state index is 10.7. The topological polar surface area (TPSA) is 113 Å². The molecule has 0 unspecified atom stereocenters. The monoisotopic (exact) mass is 286 g/mol. The number of carboxylic acids is 1. The minimum atomic E-state index is -1.04. The van der Waals surface area contributed by atoms with E-state index in [1.165, 1.54) is 48.7 Å². The third-order valence-corrected chi connectivity index (χ3v) is 2.71. The van der Waals surface area contributed by atoms with Crippen LogP contribution in [0.25, 0.3) is 0 Å². The molecule has 0 heterocycles. The number of aromatic hydroxyl groups is 1. The molecule has 2 N–H and O–H groups in total. The van der Waals surface area contributed by atoms with Crippen molar-refractivity contribution in [2.75, 3.05) is 0 Å². The van der Waals surface area contributed by atoms with Gasteiger partial charge in [0.05, 0.1) is 16.2 Å². The Hall–Kier alpha value is -3.22. The molecule has 0 amide bonds. The Labute approximate surface area is 119 Å². The molecular weight excluding hydrogens is 276 g/mol. The summed E-state index contributed by atoms with van der Waals surface area (Å²) >= 11 is 0. The van der Waals surface area contributed by atoms with Crippen LogP contribution in [-0.4, -0.2) is 27.3 Å². The lowest BCUT2D eigenvalue weighted by atomic mass is 10.2. The second-order valence-corrected chi connectivity index (χ2v) is 4.08. The van der Waals surface area contributed by atoms with E-state index < -0.39 is 22.3 Å². The normalized spacial score (nSPS) is 10.7. The summed E-state index contributed by atoms with van der Waals surface area (Å²) in [5.74, 6) is -1.50. The van der Waals surface area contributed by atoms with Crippen LogP contribution in [-0.2, 0) is 0 Å². The Bertz CT molecular complexity index is 723. The first-order chi connectivity index (χ1) is 9.99. The predicted octanol–water partition coefficient (Wildman–Crippen LogP) is 2.75. The van der Waals surface area contributed by atoms with E-state index in [9.17, 15) is 20.0 Å². The fourth-order valence-corrected chi connectivity index (χ4v) is 1.63. The highest BCUT2D eigenvalue weighted by Gasteiger charge is 2.14. The van der Waals surface area contributed by atoms with Crippen LogP contribution in [0.1, 0.15) is 15.9 Å². The summed E-state index contributed by atoms with van der Waals surface area (Å²) in [6.45, 7) is 0. The average Bonchev–Trinajstić information content (AvgIpc) is 2.46. The fraction of sp³-hybridized carbons (Fsp3) is 0. The van der Waals surface area contributed by atoms with Gasteiger partial charge in [-0.05, 0) is 30.3 Å². The number of rotatable bonds is 4. The summed E-state index contributed by atoms with van der Waals surface area (Å²) in [6, 6.07) is 9.88. The van der Waals surface area contributed by atoms with Gasteiger partial charge in [0.2, 0.25) is 5.75 Å². The summed E-state index contributed by atoms with van der Waals surface area (Å²) in [5, 5.41) is 29.2. The Morgan fingerprint density at radius 2 is 1.86 bits per heavy atom. The average molecular weight is 286 g/mol. The molecule has 0 aromatic heterocycles. The number of carbonyl (C=O) groups is 1. The molecule has 0 aliphatic carbocycles. The molecule has 7 heteroatoms. The zero-order chi connectivity index (χ0) is 15.4. The first kappa shape index (κ1) is 14.2. The molecule has 0 aliphatic heterocycles. The van der Waals surface area contributed by atoms with Gasteiger partial charge in [0.15, 0.2) is 0 Å². The molecule has 0 saturated carbocycles. The molecule has 2 aromatic carbocycles. The van der Waals surface area contributed by atoms with Crippen LogP contribution in [0.15, 0.2) is 47.5 Å². The van der Waals surface area contributed by atoms with E-state index in [1.807, 2.05) is 0 Å². The van der Waals surface area contributed by atoms with Crippen molar-refractivity contribution in [3.8, 4) is 5.75 Å². The molecule has 0 radical (unpaired) electrons. The number of hydrogen-bond donors (Lipinski definition) is 2. The van der Waals surface area contributed by atoms with Gasteiger partial charge in [0.25, 0.3) is 0 Å². The fourth-order valence-electron chi connectivity index (χ4n) is 1.63. The molecule has 0 fully saturated rings. The van der Waals surface area contributed by atoms with Crippen molar-refractivity contribution in [1.82, 2.24) is 0 Å². The minimum absolute atomic E-state index is 0.132. The van der Waals surface area contributed by atoms with Crippen molar-refractivity contribution in [1.29, 1.82) is 0 Å². The van der Waals surface area contributed by atoms with Crippen molar-refractivity contribution in [2.45, 2.75) is 0 Å². The molecule has 0 bridgehead atoms. The van der Waals surface area contributed by atoms with E-state index in [-0.39, 0.29) is 11.1 Å². The molecule has 21 heavy (non-hydrogen) atoms. The number of phenols is 1. The maximum Gasteiger partial charge on any atom is 0.335 e. The van der Waals surface area contributed by atoms with E-state index in [2.05, 4.69) is 4.99 Å². The number of benzene rings is 2. The number of aromatic carboxylic acids is 1. The number of aliphatic imine (C=N–C) groups is 1. The van der Waals surface area contributed by atoms with Gasteiger partial charge in [0, 0.05) is 17.8 Å². The zero-order valence-electron chi connectivity index (χ0n) is 10.6. The first-order valence-corrected chi connectivity index (χ1v) is 5.83. The number of nitro groups is 1. The zero-order valence-corrected chi connectivity index (χ0v) is 10.6. The Balaban J connectivity index is 2.27. The largest absolute Gasteiger partial charge is 0.502 e. The van der Waals surface area contributed by atoms with Gasteiger partial charge in [-0.1, -0.05) is 6.07 Å². The lowest BCUT2D eigenvalue weighted by molar-refractivity contribution is -0.385. The van der Waals surface area contributed by atoms with Crippen molar-refractivity contribution < 1.29 is 19.9 Å². The SMILES string of the molecule is O=C(O)c1ccc(N=Cc2cccc([N+](=O)[O-])c2O)cc1. The first-order valence-electron chi connectivity index (χ1n) is 5.83. The molecule has 0 spiro atoms. The van der Waals surface area contributed by atoms with Crippen LogP contribution in [0.4, 0.5) is 11.4 Å². The van der Waals surface area contributed by atoms with Crippen molar-refractivity contribution >= 4 is 23.6 Å². The molecular formula is C14H10N2O5. The van der Waals surface area contributed by atoms with E-state index in [0.29, 0.717) is 5.69 Å².